The number of benzene rings is 1. The van der Waals surface area contributed by atoms with Gasteiger partial charge < -0.3 is 14.8 Å². The van der Waals surface area contributed by atoms with E-state index in [-0.39, 0.29) is 24.1 Å². The van der Waals surface area contributed by atoms with Crippen LogP contribution in [0.15, 0.2) is 24.3 Å². The predicted molar refractivity (Wildman–Crippen MR) is 81.8 cm³/mol. The van der Waals surface area contributed by atoms with Gasteiger partial charge in [0.25, 0.3) is 0 Å². The normalized spacial score (nSPS) is 24.0. The Kier molecular flexibility index (Phi) is 6.61. The zero-order chi connectivity index (χ0) is 15.1. The molecule has 1 fully saturated rings. The first kappa shape index (κ1) is 16.4. The minimum Gasteiger partial charge on any atom is -0.381 e. The van der Waals surface area contributed by atoms with Gasteiger partial charge in [-0.1, -0.05) is 19.1 Å². The van der Waals surface area contributed by atoms with Crippen LogP contribution in [0.2, 0.25) is 0 Å². The van der Waals surface area contributed by atoms with Crippen molar-refractivity contribution in [2.45, 2.75) is 50.9 Å². The molecular weight excluding hydrogens is 269 g/mol. The molecule has 21 heavy (non-hydrogen) atoms. The quantitative estimate of drug-likeness (QED) is 0.836. The molecule has 3 unspecified atom stereocenters. The highest BCUT2D eigenvalue weighted by atomic mass is 19.1. The number of halogens is 1. The van der Waals surface area contributed by atoms with Crippen LogP contribution in [0.3, 0.4) is 0 Å². The van der Waals surface area contributed by atoms with E-state index in [1.165, 1.54) is 6.07 Å². The second kappa shape index (κ2) is 8.47. The monoisotopic (exact) mass is 295 g/mol. The molecular formula is C17H26FNO2. The smallest absolute Gasteiger partial charge is 0.123 e. The molecule has 0 aliphatic heterocycles. The SMILES string of the molecule is CCNCC(OC1CCCC(OC)C1)c1cccc(F)c1. The van der Waals surface area contributed by atoms with E-state index in [0.29, 0.717) is 6.54 Å². The topological polar surface area (TPSA) is 30.5 Å². The van der Waals surface area contributed by atoms with Crippen molar-refractivity contribution in [3.05, 3.63) is 35.6 Å². The summed E-state index contributed by atoms with van der Waals surface area (Å²) in [5.41, 5.74) is 0.899. The maximum atomic E-state index is 13.4. The van der Waals surface area contributed by atoms with Crippen molar-refractivity contribution in [1.82, 2.24) is 5.32 Å². The van der Waals surface area contributed by atoms with E-state index in [4.69, 9.17) is 9.47 Å². The van der Waals surface area contributed by atoms with E-state index in [1.54, 1.807) is 19.2 Å². The Bertz CT molecular complexity index is 427. The summed E-state index contributed by atoms with van der Waals surface area (Å²) in [6.45, 7) is 3.64. The molecule has 2 rings (SSSR count). The Hall–Kier alpha value is -0.970. The van der Waals surface area contributed by atoms with Crippen LogP contribution >= 0.6 is 0 Å². The lowest BCUT2D eigenvalue weighted by atomic mass is 9.94. The Balaban J connectivity index is 2.02. The molecule has 0 bridgehead atoms. The molecule has 3 atom stereocenters. The number of ether oxygens (including phenoxy) is 2. The van der Waals surface area contributed by atoms with E-state index < -0.39 is 0 Å². The Morgan fingerprint density at radius 1 is 1.33 bits per heavy atom. The molecule has 1 saturated carbocycles. The molecule has 0 saturated heterocycles. The highest BCUT2D eigenvalue weighted by Crippen LogP contribution is 2.28. The molecule has 1 N–H and O–H groups in total. The molecule has 0 spiro atoms. The first-order chi connectivity index (χ1) is 10.2. The fourth-order valence-electron chi connectivity index (χ4n) is 2.90. The van der Waals surface area contributed by atoms with Crippen molar-refractivity contribution in [2.24, 2.45) is 0 Å². The summed E-state index contributed by atoms with van der Waals surface area (Å²) in [5, 5.41) is 3.30. The maximum absolute atomic E-state index is 13.4. The lowest BCUT2D eigenvalue weighted by Gasteiger charge is -2.31. The third-order valence-electron chi connectivity index (χ3n) is 4.07. The minimum absolute atomic E-state index is 0.110. The van der Waals surface area contributed by atoms with E-state index in [2.05, 4.69) is 12.2 Å². The standard InChI is InChI=1S/C17H26FNO2/c1-3-19-12-17(13-6-4-7-14(18)10-13)21-16-9-5-8-15(11-16)20-2/h4,6-7,10,15-17,19H,3,5,8-9,11-12H2,1-2H3. The lowest BCUT2D eigenvalue weighted by molar-refractivity contribution is -0.0655. The number of methoxy groups -OCH3 is 1. The van der Waals surface area contributed by atoms with E-state index >= 15 is 0 Å². The van der Waals surface area contributed by atoms with Gasteiger partial charge in [0.1, 0.15) is 5.82 Å². The van der Waals surface area contributed by atoms with Crippen molar-refractivity contribution < 1.29 is 13.9 Å². The van der Waals surface area contributed by atoms with Gasteiger partial charge in [-0.05, 0) is 49.9 Å². The van der Waals surface area contributed by atoms with E-state index in [1.807, 2.05) is 6.07 Å². The summed E-state index contributed by atoms with van der Waals surface area (Å²) < 4.78 is 25.2. The second-order valence-corrected chi connectivity index (χ2v) is 5.63. The highest BCUT2D eigenvalue weighted by molar-refractivity contribution is 5.19. The largest absolute Gasteiger partial charge is 0.381 e. The molecule has 4 heteroatoms. The van der Waals surface area contributed by atoms with Gasteiger partial charge in [0.05, 0.1) is 18.3 Å². The van der Waals surface area contributed by atoms with Crippen LogP contribution in [0, 0.1) is 5.82 Å². The summed E-state index contributed by atoms with van der Waals surface area (Å²) >= 11 is 0. The van der Waals surface area contributed by atoms with Crippen LogP contribution in [0.25, 0.3) is 0 Å². The van der Waals surface area contributed by atoms with E-state index in [0.717, 1.165) is 37.8 Å². The third kappa shape index (κ3) is 5.06. The fourth-order valence-corrected chi connectivity index (χ4v) is 2.90. The van der Waals surface area contributed by atoms with Crippen molar-refractivity contribution in [1.29, 1.82) is 0 Å². The van der Waals surface area contributed by atoms with Gasteiger partial charge in [-0.15, -0.1) is 0 Å². The number of rotatable bonds is 7. The summed E-state index contributed by atoms with van der Waals surface area (Å²) in [5.74, 6) is -0.212. The molecule has 0 heterocycles. The molecule has 0 radical (unpaired) electrons. The van der Waals surface area contributed by atoms with Gasteiger partial charge in [0.15, 0.2) is 0 Å². The molecule has 1 aliphatic carbocycles. The molecule has 3 nitrogen and oxygen atoms in total. The van der Waals surface area contributed by atoms with Gasteiger partial charge in [-0.25, -0.2) is 4.39 Å². The molecule has 1 aliphatic rings. The van der Waals surface area contributed by atoms with E-state index in [9.17, 15) is 4.39 Å². The highest BCUT2D eigenvalue weighted by Gasteiger charge is 2.25. The molecule has 118 valence electrons. The fraction of sp³-hybridized carbons (Fsp3) is 0.647. The molecule has 0 aromatic heterocycles. The average molecular weight is 295 g/mol. The summed E-state index contributed by atoms with van der Waals surface area (Å²) in [7, 11) is 1.76. The number of hydrogen-bond donors (Lipinski definition) is 1. The number of nitrogens with one attached hydrogen (secondary N) is 1. The lowest BCUT2D eigenvalue weighted by Crippen LogP contribution is -2.32. The summed E-state index contributed by atoms with van der Waals surface area (Å²) in [4.78, 5) is 0. The van der Waals surface area contributed by atoms with Gasteiger partial charge in [-0.2, -0.15) is 0 Å². The number of likely N-dealkylation sites (N-methyl/N-ethyl adjacent to an activating group) is 1. The summed E-state index contributed by atoms with van der Waals surface area (Å²) in [6.07, 6.45) is 4.58. The van der Waals surface area contributed by atoms with Crippen LogP contribution < -0.4 is 5.32 Å². The Morgan fingerprint density at radius 2 is 2.14 bits per heavy atom. The van der Waals surface area contributed by atoms with Crippen molar-refractivity contribution in [2.75, 3.05) is 20.2 Å². The third-order valence-corrected chi connectivity index (χ3v) is 4.07. The van der Waals surface area contributed by atoms with Crippen molar-refractivity contribution in [3.8, 4) is 0 Å². The first-order valence-electron chi connectivity index (χ1n) is 7.87. The van der Waals surface area contributed by atoms with Gasteiger partial charge in [0.2, 0.25) is 0 Å². The van der Waals surface area contributed by atoms with Crippen LogP contribution in [-0.4, -0.2) is 32.4 Å². The van der Waals surface area contributed by atoms with Crippen molar-refractivity contribution >= 4 is 0 Å². The van der Waals surface area contributed by atoms with Crippen LogP contribution in [0.5, 0.6) is 0 Å². The molecule has 1 aromatic carbocycles. The Labute approximate surface area is 126 Å². The molecule has 0 amide bonds. The van der Waals surface area contributed by atoms with Gasteiger partial charge >= 0.3 is 0 Å². The van der Waals surface area contributed by atoms with Crippen molar-refractivity contribution in [3.63, 3.8) is 0 Å². The van der Waals surface area contributed by atoms with Crippen LogP contribution in [0.1, 0.15) is 44.3 Å². The maximum Gasteiger partial charge on any atom is 0.123 e. The predicted octanol–water partition coefficient (Wildman–Crippen LogP) is 3.45. The van der Waals surface area contributed by atoms with Gasteiger partial charge in [0, 0.05) is 13.7 Å². The van der Waals surface area contributed by atoms with Crippen LogP contribution in [0.4, 0.5) is 4.39 Å². The minimum atomic E-state index is -0.212. The first-order valence-corrected chi connectivity index (χ1v) is 7.87. The van der Waals surface area contributed by atoms with Crippen LogP contribution in [-0.2, 0) is 9.47 Å². The average Bonchev–Trinajstić information content (AvgIpc) is 2.51. The zero-order valence-electron chi connectivity index (χ0n) is 13.0. The Morgan fingerprint density at radius 3 is 2.86 bits per heavy atom. The number of hydrogen-bond acceptors (Lipinski definition) is 3. The zero-order valence-corrected chi connectivity index (χ0v) is 13.0. The summed E-state index contributed by atoms with van der Waals surface area (Å²) in [6, 6.07) is 6.71. The molecule has 1 aromatic rings. The second-order valence-electron chi connectivity index (χ2n) is 5.63. The van der Waals surface area contributed by atoms with Gasteiger partial charge in [-0.3, -0.25) is 0 Å².